The van der Waals surface area contributed by atoms with Crippen LogP contribution in [0.1, 0.15) is 6.42 Å². The Bertz CT molecular complexity index is 359. The zero-order valence-corrected chi connectivity index (χ0v) is 8.23. The summed E-state index contributed by atoms with van der Waals surface area (Å²) in [7, 11) is 0. The van der Waals surface area contributed by atoms with Crippen molar-refractivity contribution >= 4 is 17.4 Å². The summed E-state index contributed by atoms with van der Waals surface area (Å²) in [6, 6.07) is 0. The van der Waals surface area contributed by atoms with E-state index in [1.807, 2.05) is 6.26 Å². The summed E-state index contributed by atoms with van der Waals surface area (Å²) in [6.07, 6.45) is 4.85. The standard InChI is InChI=1S/C8H11N3OS/c1-13-7-6(11-3-2-4-11)5-9-10-8(7)12/h5H,2-4H2,1H3,(H,10,12). The molecule has 2 heterocycles. The molecule has 0 saturated carbocycles. The molecule has 0 radical (unpaired) electrons. The number of aromatic nitrogens is 2. The lowest BCUT2D eigenvalue weighted by atomic mass is 10.2. The monoisotopic (exact) mass is 197 g/mol. The highest BCUT2D eigenvalue weighted by molar-refractivity contribution is 7.98. The molecule has 13 heavy (non-hydrogen) atoms. The minimum absolute atomic E-state index is 0.0862. The van der Waals surface area contributed by atoms with Gasteiger partial charge < -0.3 is 4.90 Å². The van der Waals surface area contributed by atoms with Gasteiger partial charge in [-0.05, 0) is 12.7 Å². The molecule has 4 nitrogen and oxygen atoms in total. The Morgan fingerprint density at radius 2 is 2.38 bits per heavy atom. The van der Waals surface area contributed by atoms with Crippen molar-refractivity contribution in [2.45, 2.75) is 11.3 Å². The van der Waals surface area contributed by atoms with E-state index in [1.165, 1.54) is 18.2 Å². The number of thioether (sulfide) groups is 1. The summed E-state index contributed by atoms with van der Waals surface area (Å²) < 4.78 is 0. The van der Waals surface area contributed by atoms with Gasteiger partial charge in [0.2, 0.25) is 0 Å². The van der Waals surface area contributed by atoms with Crippen LogP contribution in [0.4, 0.5) is 5.69 Å². The van der Waals surface area contributed by atoms with Crippen LogP contribution in [0.5, 0.6) is 0 Å². The smallest absolute Gasteiger partial charge is 0.279 e. The van der Waals surface area contributed by atoms with E-state index in [9.17, 15) is 4.79 Å². The number of nitrogens with zero attached hydrogens (tertiary/aromatic N) is 2. The summed E-state index contributed by atoms with van der Waals surface area (Å²) in [5.74, 6) is 0. The van der Waals surface area contributed by atoms with E-state index >= 15 is 0 Å². The maximum absolute atomic E-state index is 11.3. The molecule has 0 aliphatic carbocycles. The van der Waals surface area contributed by atoms with E-state index in [1.54, 1.807) is 6.20 Å². The second kappa shape index (κ2) is 3.41. The van der Waals surface area contributed by atoms with E-state index in [-0.39, 0.29) is 5.56 Å². The van der Waals surface area contributed by atoms with Gasteiger partial charge in [-0.25, -0.2) is 5.10 Å². The van der Waals surface area contributed by atoms with Gasteiger partial charge >= 0.3 is 0 Å². The first-order valence-corrected chi connectivity index (χ1v) is 5.42. The van der Waals surface area contributed by atoms with Crippen LogP contribution in [-0.2, 0) is 0 Å². The van der Waals surface area contributed by atoms with E-state index in [0.29, 0.717) is 0 Å². The lowest BCUT2D eigenvalue weighted by Gasteiger charge is -2.33. The second-order valence-electron chi connectivity index (χ2n) is 2.96. The quantitative estimate of drug-likeness (QED) is 0.709. The molecule has 0 atom stereocenters. The lowest BCUT2D eigenvalue weighted by Crippen LogP contribution is -2.38. The summed E-state index contributed by atoms with van der Waals surface area (Å²) in [4.78, 5) is 14.3. The molecule has 0 bridgehead atoms. The van der Waals surface area contributed by atoms with Gasteiger partial charge in [-0.15, -0.1) is 11.8 Å². The third kappa shape index (κ3) is 1.44. The highest BCUT2D eigenvalue weighted by atomic mass is 32.2. The van der Waals surface area contributed by atoms with Crippen LogP contribution in [0.15, 0.2) is 15.9 Å². The Morgan fingerprint density at radius 3 is 2.92 bits per heavy atom. The molecular weight excluding hydrogens is 186 g/mol. The highest BCUT2D eigenvalue weighted by Gasteiger charge is 2.19. The van der Waals surface area contributed by atoms with Crippen LogP contribution in [0, 0.1) is 0 Å². The number of anilines is 1. The van der Waals surface area contributed by atoms with E-state index < -0.39 is 0 Å². The first-order valence-electron chi connectivity index (χ1n) is 4.19. The van der Waals surface area contributed by atoms with Gasteiger partial charge in [0, 0.05) is 13.1 Å². The van der Waals surface area contributed by atoms with Gasteiger partial charge in [0.1, 0.15) is 0 Å². The van der Waals surface area contributed by atoms with Crippen LogP contribution in [-0.4, -0.2) is 29.5 Å². The highest BCUT2D eigenvalue weighted by Crippen LogP contribution is 2.26. The summed E-state index contributed by atoms with van der Waals surface area (Å²) >= 11 is 1.47. The molecule has 1 fully saturated rings. The molecule has 70 valence electrons. The largest absolute Gasteiger partial charge is 0.369 e. The van der Waals surface area contributed by atoms with Crippen molar-refractivity contribution in [3.05, 3.63) is 16.6 Å². The molecule has 1 saturated heterocycles. The second-order valence-corrected chi connectivity index (χ2v) is 3.77. The molecular formula is C8H11N3OS. The topological polar surface area (TPSA) is 49.0 Å². The average Bonchev–Trinajstić information content (AvgIpc) is 2.01. The van der Waals surface area contributed by atoms with E-state index in [2.05, 4.69) is 15.1 Å². The predicted octanol–water partition coefficient (Wildman–Crippen LogP) is 0.702. The molecule has 5 heteroatoms. The maximum Gasteiger partial charge on any atom is 0.279 e. The van der Waals surface area contributed by atoms with Crippen molar-refractivity contribution in [3.8, 4) is 0 Å². The van der Waals surface area contributed by atoms with Crippen LogP contribution >= 0.6 is 11.8 Å². The Kier molecular flexibility index (Phi) is 2.26. The van der Waals surface area contributed by atoms with Gasteiger partial charge in [0.15, 0.2) is 0 Å². The molecule has 0 unspecified atom stereocenters. The molecule has 1 aliphatic heterocycles. The average molecular weight is 197 g/mol. The zero-order chi connectivity index (χ0) is 9.26. The van der Waals surface area contributed by atoms with Crippen molar-refractivity contribution in [2.75, 3.05) is 24.2 Å². The van der Waals surface area contributed by atoms with Crippen LogP contribution < -0.4 is 10.5 Å². The van der Waals surface area contributed by atoms with E-state index in [0.717, 1.165) is 23.7 Å². The molecule has 0 amide bonds. The van der Waals surface area contributed by atoms with Gasteiger partial charge in [-0.3, -0.25) is 4.79 Å². The van der Waals surface area contributed by atoms with Gasteiger partial charge in [0.25, 0.3) is 5.56 Å². The van der Waals surface area contributed by atoms with Crippen molar-refractivity contribution in [1.82, 2.24) is 10.2 Å². The third-order valence-electron chi connectivity index (χ3n) is 2.19. The SMILES string of the molecule is CSc1c(N2CCC2)cn[nH]c1=O. The van der Waals surface area contributed by atoms with Gasteiger partial charge in [-0.1, -0.05) is 0 Å². The van der Waals surface area contributed by atoms with Crippen LogP contribution in [0.2, 0.25) is 0 Å². The van der Waals surface area contributed by atoms with Crippen molar-refractivity contribution in [3.63, 3.8) is 0 Å². The Hall–Kier alpha value is -0.970. The predicted molar refractivity (Wildman–Crippen MR) is 53.5 cm³/mol. The van der Waals surface area contributed by atoms with Crippen LogP contribution in [0.3, 0.4) is 0 Å². The molecule has 1 aliphatic rings. The summed E-state index contributed by atoms with van der Waals surface area (Å²) in [5, 5.41) is 6.24. The zero-order valence-electron chi connectivity index (χ0n) is 7.41. The molecule has 1 N–H and O–H groups in total. The normalized spacial score (nSPS) is 15.6. The first kappa shape index (κ1) is 8.62. The number of nitrogens with one attached hydrogen (secondary N) is 1. The Labute approximate surface area is 80.3 Å². The molecule has 1 aromatic rings. The maximum atomic E-state index is 11.3. The minimum atomic E-state index is -0.0862. The molecule has 0 spiro atoms. The minimum Gasteiger partial charge on any atom is -0.369 e. The van der Waals surface area contributed by atoms with Gasteiger partial charge in [-0.2, -0.15) is 5.10 Å². The molecule has 0 aromatic carbocycles. The van der Waals surface area contributed by atoms with Crippen molar-refractivity contribution < 1.29 is 0 Å². The number of hydrogen-bond acceptors (Lipinski definition) is 4. The third-order valence-corrected chi connectivity index (χ3v) is 3.00. The number of rotatable bonds is 2. The van der Waals surface area contributed by atoms with E-state index in [4.69, 9.17) is 0 Å². The van der Waals surface area contributed by atoms with Crippen molar-refractivity contribution in [2.24, 2.45) is 0 Å². The lowest BCUT2D eigenvalue weighted by molar-refractivity contribution is 0.609. The number of hydrogen-bond donors (Lipinski definition) is 1. The first-order chi connectivity index (χ1) is 6.33. The Balaban J connectivity index is 2.42. The number of aromatic amines is 1. The van der Waals surface area contributed by atoms with Gasteiger partial charge in [0.05, 0.1) is 16.8 Å². The van der Waals surface area contributed by atoms with Crippen LogP contribution in [0.25, 0.3) is 0 Å². The summed E-state index contributed by atoms with van der Waals surface area (Å²) in [6.45, 7) is 2.08. The Morgan fingerprint density at radius 1 is 1.62 bits per heavy atom. The fraction of sp³-hybridized carbons (Fsp3) is 0.500. The molecule has 1 aromatic heterocycles. The van der Waals surface area contributed by atoms with Crippen molar-refractivity contribution in [1.29, 1.82) is 0 Å². The fourth-order valence-electron chi connectivity index (χ4n) is 1.36. The summed E-state index contributed by atoms with van der Waals surface area (Å²) in [5.41, 5.74) is 0.888. The molecule has 2 rings (SSSR count). The number of H-pyrrole nitrogens is 1. The fourth-order valence-corrected chi connectivity index (χ4v) is 1.98.